The Morgan fingerprint density at radius 1 is 0.825 bits per heavy atom. The van der Waals surface area contributed by atoms with Crippen LogP contribution in [0.25, 0.3) is 0 Å². The minimum absolute atomic E-state index is 0.0216. The molecule has 0 spiro atoms. The lowest BCUT2D eigenvalue weighted by molar-refractivity contribution is -0.320. The third-order valence-electron chi connectivity index (χ3n) is 10.4. The first-order valence-corrected chi connectivity index (χ1v) is 13.8. The molecule has 0 aromatic carbocycles. The monoisotopic (exact) mass is 568 g/mol. The Labute approximate surface area is 232 Å². The van der Waals surface area contributed by atoms with E-state index >= 15 is 0 Å². The second-order valence-electron chi connectivity index (χ2n) is 12.4. The van der Waals surface area contributed by atoms with Gasteiger partial charge >= 0.3 is 29.8 Å². The summed E-state index contributed by atoms with van der Waals surface area (Å²) in [6, 6.07) is 0. The second-order valence-corrected chi connectivity index (χ2v) is 12.4. The van der Waals surface area contributed by atoms with Crippen molar-refractivity contribution in [3.05, 3.63) is 0 Å². The fourth-order valence-electron chi connectivity index (χ4n) is 9.01. The molecule has 12 nitrogen and oxygen atoms in total. The average molecular weight is 569 g/mol. The summed E-state index contributed by atoms with van der Waals surface area (Å²) in [5.74, 6) is -6.10. The van der Waals surface area contributed by atoms with Gasteiger partial charge in [0, 0.05) is 51.9 Å². The number of carboxylic acid groups (broad SMARTS) is 1. The molecule has 0 radical (unpaired) electrons. The Hall–Kier alpha value is -2.73. The standard InChI is InChI=1S/C28H40O12/c1-14(29)37-13-27-22(40-17(4)32)10-18(38-15(2)30)11-26(27,35)8-6-19-23(27)21(39-16(3)31)12-25(5)20(24(33)34)7-9-28(19,25)36/h18-23,35-36H,6-13H2,1-5H3,(H,33,34)/t18-,19+,20-,21-,22+,23-,25+,26+,27+,28-/m1/s1. The maximum Gasteiger partial charge on any atom is 0.307 e. The van der Waals surface area contributed by atoms with Gasteiger partial charge in [-0.2, -0.15) is 0 Å². The minimum atomic E-state index is -1.73. The lowest BCUT2D eigenvalue weighted by atomic mass is 9.40. The quantitative estimate of drug-likeness (QED) is 0.311. The number of ether oxygens (including phenoxy) is 4. The maximum atomic E-state index is 12.5. The molecule has 3 N–H and O–H groups in total. The van der Waals surface area contributed by atoms with Crippen LogP contribution in [0.3, 0.4) is 0 Å². The van der Waals surface area contributed by atoms with Gasteiger partial charge in [0.2, 0.25) is 0 Å². The number of aliphatic hydroxyl groups is 2. The Morgan fingerprint density at radius 3 is 2.00 bits per heavy atom. The molecule has 224 valence electrons. The van der Waals surface area contributed by atoms with Crippen molar-refractivity contribution in [2.45, 2.75) is 109 Å². The van der Waals surface area contributed by atoms with Crippen LogP contribution in [0.1, 0.15) is 79.6 Å². The fourth-order valence-corrected chi connectivity index (χ4v) is 9.01. The topological polar surface area (TPSA) is 183 Å². The smallest absolute Gasteiger partial charge is 0.307 e. The molecular weight excluding hydrogens is 528 g/mol. The third kappa shape index (κ3) is 4.56. The lowest BCUT2D eigenvalue weighted by Gasteiger charge is -2.68. The molecule has 40 heavy (non-hydrogen) atoms. The van der Waals surface area contributed by atoms with Gasteiger partial charge in [-0.25, -0.2) is 0 Å². The fraction of sp³-hybridized carbons (Fsp3) is 0.821. The number of hydrogen-bond acceptors (Lipinski definition) is 11. The summed E-state index contributed by atoms with van der Waals surface area (Å²) in [4.78, 5) is 61.2. The van der Waals surface area contributed by atoms with Crippen molar-refractivity contribution in [2.24, 2.45) is 28.6 Å². The third-order valence-corrected chi connectivity index (χ3v) is 10.4. The summed E-state index contributed by atoms with van der Waals surface area (Å²) in [6.07, 6.45) is -2.43. The number of fused-ring (bicyclic) bond motifs is 5. The summed E-state index contributed by atoms with van der Waals surface area (Å²) in [5.41, 5.74) is -5.97. The largest absolute Gasteiger partial charge is 0.481 e. The Bertz CT molecular complexity index is 1090. The van der Waals surface area contributed by atoms with Gasteiger partial charge in [-0.15, -0.1) is 0 Å². The lowest BCUT2D eigenvalue weighted by Crippen LogP contribution is -2.76. The molecule has 4 saturated carbocycles. The van der Waals surface area contributed by atoms with Crippen LogP contribution in [0.4, 0.5) is 0 Å². The molecule has 0 bridgehead atoms. The molecule has 0 heterocycles. The van der Waals surface area contributed by atoms with Crippen LogP contribution >= 0.6 is 0 Å². The van der Waals surface area contributed by atoms with Gasteiger partial charge in [0.1, 0.15) is 24.9 Å². The van der Waals surface area contributed by atoms with Gasteiger partial charge in [-0.3, -0.25) is 24.0 Å². The van der Waals surface area contributed by atoms with Crippen LogP contribution in [0.15, 0.2) is 0 Å². The van der Waals surface area contributed by atoms with E-state index < -0.39 is 94.6 Å². The highest BCUT2D eigenvalue weighted by atomic mass is 16.6. The molecule has 0 aromatic rings. The zero-order valence-electron chi connectivity index (χ0n) is 23.6. The maximum absolute atomic E-state index is 12.5. The number of carbonyl (C=O) groups excluding carboxylic acids is 4. The van der Waals surface area contributed by atoms with Crippen molar-refractivity contribution in [3.63, 3.8) is 0 Å². The summed E-state index contributed by atoms with van der Waals surface area (Å²) in [5, 5.41) is 34.9. The van der Waals surface area contributed by atoms with E-state index in [1.54, 1.807) is 6.92 Å². The van der Waals surface area contributed by atoms with Gasteiger partial charge in [0.25, 0.3) is 0 Å². The number of carbonyl (C=O) groups is 5. The Kier molecular flexibility index (Phi) is 7.77. The predicted molar refractivity (Wildman–Crippen MR) is 134 cm³/mol. The highest BCUT2D eigenvalue weighted by Crippen LogP contribution is 2.70. The summed E-state index contributed by atoms with van der Waals surface area (Å²) >= 11 is 0. The molecule has 10 atom stereocenters. The number of esters is 4. The van der Waals surface area contributed by atoms with Crippen molar-refractivity contribution >= 4 is 29.8 Å². The first kappa shape index (κ1) is 30.2. The highest BCUT2D eigenvalue weighted by molar-refractivity contribution is 5.72. The van der Waals surface area contributed by atoms with Crippen LogP contribution in [-0.2, 0) is 42.9 Å². The zero-order valence-corrected chi connectivity index (χ0v) is 23.6. The molecular formula is C28H40O12. The molecule has 0 aromatic heterocycles. The number of carboxylic acids is 1. The van der Waals surface area contributed by atoms with E-state index in [0.29, 0.717) is 0 Å². The molecule has 0 unspecified atom stereocenters. The molecule has 4 rings (SSSR count). The van der Waals surface area contributed by atoms with Crippen molar-refractivity contribution in [2.75, 3.05) is 6.61 Å². The van der Waals surface area contributed by atoms with E-state index in [4.69, 9.17) is 18.9 Å². The molecule has 0 saturated heterocycles. The molecule has 0 aliphatic heterocycles. The van der Waals surface area contributed by atoms with Crippen molar-refractivity contribution in [1.29, 1.82) is 0 Å². The van der Waals surface area contributed by atoms with E-state index in [9.17, 15) is 39.3 Å². The molecule has 4 aliphatic carbocycles. The Morgan fingerprint density at radius 2 is 1.45 bits per heavy atom. The van der Waals surface area contributed by atoms with Crippen LogP contribution < -0.4 is 0 Å². The second kappa shape index (κ2) is 10.3. The highest BCUT2D eigenvalue weighted by Gasteiger charge is 2.77. The number of rotatable bonds is 6. The Balaban J connectivity index is 1.94. The summed E-state index contributed by atoms with van der Waals surface area (Å²) in [6.45, 7) is 6.12. The van der Waals surface area contributed by atoms with Gasteiger partial charge in [0.05, 0.1) is 22.5 Å². The van der Waals surface area contributed by atoms with Crippen molar-refractivity contribution in [3.8, 4) is 0 Å². The molecule has 4 aliphatic rings. The van der Waals surface area contributed by atoms with Gasteiger partial charge < -0.3 is 34.3 Å². The van der Waals surface area contributed by atoms with E-state index in [2.05, 4.69) is 0 Å². The first-order chi connectivity index (χ1) is 18.5. The normalized spacial score (nSPS) is 43.8. The van der Waals surface area contributed by atoms with Crippen LogP contribution in [-0.4, -0.2) is 81.3 Å². The molecule has 12 heteroatoms. The summed E-state index contributed by atoms with van der Waals surface area (Å²) < 4.78 is 22.7. The van der Waals surface area contributed by atoms with Gasteiger partial charge in [-0.1, -0.05) is 6.92 Å². The average Bonchev–Trinajstić information content (AvgIpc) is 3.07. The van der Waals surface area contributed by atoms with Crippen molar-refractivity contribution < 1.29 is 58.2 Å². The first-order valence-electron chi connectivity index (χ1n) is 13.8. The SMILES string of the molecule is CC(=O)OC[C@]12[C@H]3[C@H](OC(C)=O)C[C@@]4(C)[C@@H](C(=O)O)CC[C@@]4(O)[C@H]3CC[C@]1(O)C[C@H](OC(C)=O)C[C@@H]2OC(C)=O. The van der Waals surface area contributed by atoms with Crippen LogP contribution in [0, 0.1) is 28.6 Å². The molecule has 0 amide bonds. The molecule has 4 fully saturated rings. The summed E-state index contributed by atoms with van der Waals surface area (Å²) in [7, 11) is 0. The minimum Gasteiger partial charge on any atom is -0.481 e. The van der Waals surface area contributed by atoms with Gasteiger partial charge in [-0.05, 0) is 38.0 Å². The predicted octanol–water partition coefficient (Wildman–Crippen LogP) is 1.52. The van der Waals surface area contributed by atoms with E-state index in [1.165, 1.54) is 27.7 Å². The van der Waals surface area contributed by atoms with E-state index in [-0.39, 0.29) is 44.9 Å². The van der Waals surface area contributed by atoms with Crippen LogP contribution in [0.2, 0.25) is 0 Å². The van der Waals surface area contributed by atoms with E-state index in [0.717, 1.165) is 0 Å². The number of hydrogen-bond donors (Lipinski definition) is 3. The van der Waals surface area contributed by atoms with E-state index in [1.807, 2.05) is 0 Å². The van der Waals surface area contributed by atoms with Crippen LogP contribution in [0.5, 0.6) is 0 Å². The van der Waals surface area contributed by atoms with Gasteiger partial charge in [0.15, 0.2) is 0 Å². The zero-order chi connectivity index (χ0) is 29.8. The number of aliphatic carboxylic acids is 1. The van der Waals surface area contributed by atoms with Crippen molar-refractivity contribution in [1.82, 2.24) is 0 Å².